The molecule has 0 aliphatic carbocycles. The average molecular weight is 352 g/mol. The summed E-state index contributed by atoms with van der Waals surface area (Å²) in [5, 5.41) is 12.6. The fourth-order valence-corrected chi connectivity index (χ4v) is 5.55. The average Bonchev–Trinajstić information content (AvgIpc) is 2.71. The van der Waals surface area contributed by atoms with E-state index < -0.39 is 6.10 Å². The molecule has 0 amide bonds. The number of para-hydroxylation sites is 1. The zero-order chi connectivity index (χ0) is 18.1. The third kappa shape index (κ3) is 2.87. The Balaban J connectivity index is 1.71. The Hall–Kier alpha value is -1.71. The van der Waals surface area contributed by atoms with Gasteiger partial charge in [-0.3, -0.25) is 4.98 Å². The van der Waals surface area contributed by atoms with Crippen LogP contribution < -0.4 is 0 Å². The van der Waals surface area contributed by atoms with Crippen molar-refractivity contribution in [2.45, 2.75) is 44.8 Å². The molecule has 3 fully saturated rings. The molecular formula is C23H31N2O+. The Bertz CT molecular complexity index is 783. The van der Waals surface area contributed by atoms with Gasteiger partial charge in [-0.15, -0.1) is 6.58 Å². The van der Waals surface area contributed by atoms with Crippen LogP contribution in [0.5, 0.6) is 0 Å². The van der Waals surface area contributed by atoms with E-state index in [1.165, 1.54) is 32.4 Å². The molecule has 5 atom stereocenters. The molecule has 2 aromatic rings. The van der Waals surface area contributed by atoms with Gasteiger partial charge in [0.05, 0.1) is 25.2 Å². The molecular weight excluding hydrogens is 320 g/mol. The number of aliphatic hydroxyl groups excluding tert-OH is 1. The van der Waals surface area contributed by atoms with Crippen molar-refractivity contribution in [3.63, 3.8) is 0 Å². The summed E-state index contributed by atoms with van der Waals surface area (Å²) in [4.78, 5) is 4.48. The highest BCUT2D eigenvalue weighted by molar-refractivity contribution is 5.82. The summed E-state index contributed by atoms with van der Waals surface area (Å²) in [5.41, 5.74) is 2.03. The van der Waals surface area contributed by atoms with Gasteiger partial charge >= 0.3 is 0 Å². The second-order valence-corrected chi connectivity index (χ2v) is 8.32. The molecule has 5 rings (SSSR count). The van der Waals surface area contributed by atoms with Gasteiger partial charge in [0.1, 0.15) is 12.1 Å². The van der Waals surface area contributed by atoms with Gasteiger partial charge in [-0.2, -0.15) is 0 Å². The molecule has 26 heavy (non-hydrogen) atoms. The van der Waals surface area contributed by atoms with Crippen LogP contribution in [0.25, 0.3) is 10.9 Å². The quantitative estimate of drug-likeness (QED) is 0.615. The van der Waals surface area contributed by atoms with Gasteiger partial charge in [0.15, 0.2) is 0 Å². The molecule has 138 valence electrons. The number of rotatable bonds is 6. The molecule has 0 radical (unpaired) electrons. The van der Waals surface area contributed by atoms with Crippen LogP contribution in [-0.4, -0.2) is 40.2 Å². The Morgan fingerprint density at radius 2 is 2.19 bits per heavy atom. The topological polar surface area (TPSA) is 33.1 Å². The van der Waals surface area contributed by atoms with Crippen LogP contribution in [0.3, 0.4) is 0 Å². The van der Waals surface area contributed by atoms with E-state index >= 15 is 0 Å². The minimum Gasteiger partial charge on any atom is -0.382 e. The second kappa shape index (κ2) is 7.13. The van der Waals surface area contributed by atoms with E-state index in [0.29, 0.717) is 17.9 Å². The summed E-state index contributed by atoms with van der Waals surface area (Å²) in [6, 6.07) is 10.5. The van der Waals surface area contributed by atoms with E-state index in [9.17, 15) is 5.11 Å². The molecule has 2 bridgehead atoms. The largest absolute Gasteiger partial charge is 0.382 e. The zero-order valence-electron chi connectivity index (χ0n) is 15.8. The van der Waals surface area contributed by atoms with Crippen molar-refractivity contribution >= 4 is 10.9 Å². The molecule has 4 heterocycles. The number of fused-ring (bicyclic) bond motifs is 4. The second-order valence-electron chi connectivity index (χ2n) is 8.32. The van der Waals surface area contributed by atoms with Crippen molar-refractivity contribution in [3.05, 3.63) is 54.7 Å². The van der Waals surface area contributed by atoms with E-state index in [1.54, 1.807) is 0 Å². The fourth-order valence-electron chi connectivity index (χ4n) is 5.55. The highest BCUT2D eigenvalue weighted by atomic mass is 16.3. The zero-order valence-corrected chi connectivity index (χ0v) is 15.8. The Morgan fingerprint density at radius 3 is 3.00 bits per heavy atom. The number of hydrogen-bond donors (Lipinski definition) is 1. The number of pyridine rings is 1. The number of piperidine rings is 3. The summed E-state index contributed by atoms with van der Waals surface area (Å²) < 4.78 is 1.07. The smallest absolute Gasteiger partial charge is 0.131 e. The van der Waals surface area contributed by atoms with Gasteiger partial charge in [0.2, 0.25) is 0 Å². The van der Waals surface area contributed by atoms with Crippen molar-refractivity contribution < 1.29 is 9.59 Å². The first kappa shape index (κ1) is 17.7. The van der Waals surface area contributed by atoms with Crippen molar-refractivity contribution in [2.75, 3.05) is 19.6 Å². The van der Waals surface area contributed by atoms with Crippen LogP contribution in [0.1, 0.15) is 44.3 Å². The van der Waals surface area contributed by atoms with Crippen LogP contribution in [-0.2, 0) is 0 Å². The molecule has 3 aliphatic rings. The Kier molecular flexibility index (Phi) is 4.85. The van der Waals surface area contributed by atoms with Gasteiger partial charge in [0.25, 0.3) is 0 Å². The van der Waals surface area contributed by atoms with Crippen molar-refractivity contribution in [1.82, 2.24) is 4.98 Å². The minimum atomic E-state index is -0.423. The molecule has 0 saturated carbocycles. The number of aromatic nitrogens is 1. The lowest BCUT2D eigenvalue weighted by molar-refractivity contribution is -0.973. The summed E-state index contributed by atoms with van der Waals surface area (Å²) in [6.07, 6.45) is 8.43. The molecule has 5 unspecified atom stereocenters. The van der Waals surface area contributed by atoms with Crippen LogP contribution in [0.2, 0.25) is 0 Å². The van der Waals surface area contributed by atoms with Gasteiger partial charge in [0, 0.05) is 30.3 Å². The third-order valence-electron chi connectivity index (χ3n) is 7.00. The Labute approximate surface area is 157 Å². The maximum atomic E-state index is 11.5. The Morgan fingerprint density at radius 1 is 1.35 bits per heavy atom. The van der Waals surface area contributed by atoms with E-state index in [2.05, 4.69) is 30.6 Å². The molecule has 1 aromatic carbocycles. The van der Waals surface area contributed by atoms with Crippen LogP contribution >= 0.6 is 0 Å². The summed E-state index contributed by atoms with van der Waals surface area (Å²) in [7, 11) is 0. The highest BCUT2D eigenvalue weighted by Crippen LogP contribution is 2.47. The molecule has 3 nitrogen and oxygen atoms in total. The van der Waals surface area contributed by atoms with Crippen LogP contribution in [0, 0.1) is 11.8 Å². The fraction of sp³-hybridized carbons (Fsp3) is 0.522. The van der Waals surface area contributed by atoms with E-state index in [0.717, 1.165) is 33.9 Å². The first-order chi connectivity index (χ1) is 12.7. The van der Waals surface area contributed by atoms with Crippen molar-refractivity contribution in [1.29, 1.82) is 0 Å². The van der Waals surface area contributed by atoms with E-state index in [1.807, 2.05) is 30.5 Å². The summed E-state index contributed by atoms with van der Waals surface area (Å²) in [5.74, 6) is 1.29. The number of nitrogens with zero attached hydrogens (tertiary/aromatic N) is 2. The lowest BCUT2D eigenvalue weighted by Crippen LogP contribution is -2.68. The SMILES string of the molecule is C=CC1C[N+]2(CCCC)CCC1CC2C(O)c1ccnc2ccccc12. The first-order valence-electron chi connectivity index (χ1n) is 10.2. The molecule has 1 N–H and O–H groups in total. The molecule has 3 heteroatoms. The van der Waals surface area contributed by atoms with Crippen molar-refractivity contribution in [2.24, 2.45) is 11.8 Å². The highest BCUT2D eigenvalue weighted by Gasteiger charge is 2.53. The maximum absolute atomic E-state index is 11.5. The van der Waals surface area contributed by atoms with Crippen LogP contribution in [0.4, 0.5) is 0 Å². The minimum absolute atomic E-state index is 0.294. The van der Waals surface area contributed by atoms with E-state index in [-0.39, 0.29) is 0 Å². The number of aliphatic hydroxyl groups is 1. The number of unbranched alkanes of at least 4 members (excludes halogenated alkanes) is 1. The first-order valence-corrected chi connectivity index (χ1v) is 10.2. The molecule has 1 aromatic heterocycles. The normalized spacial score (nSPS) is 31.8. The van der Waals surface area contributed by atoms with Gasteiger partial charge in [-0.05, 0) is 30.0 Å². The van der Waals surface area contributed by atoms with Gasteiger partial charge in [-0.25, -0.2) is 0 Å². The predicted octanol–water partition coefficient (Wildman–Crippen LogP) is 4.48. The predicted molar refractivity (Wildman–Crippen MR) is 107 cm³/mol. The number of hydrogen-bond acceptors (Lipinski definition) is 2. The molecule has 0 spiro atoms. The molecule has 3 saturated heterocycles. The third-order valence-corrected chi connectivity index (χ3v) is 7.00. The number of benzene rings is 1. The summed E-state index contributed by atoms with van der Waals surface area (Å²) >= 11 is 0. The van der Waals surface area contributed by atoms with Crippen molar-refractivity contribution in [3.8, 4) is 0 Å². The number of quaternary nitrogens is 1. The van der Waals surface area contributed by atoms with Gasteiger partial charge < -0.3 is 9.59 Å². The molecule has 3 aliphatic heterocycles. The lowest BCUT2D eigenvalue weighted by atomic mass is 9.71. The van der Waals surface area contributed by atoms with E-state index in [4.69, 9.17) is 0 Å². The maximum Gasteiger partial charge on any atom is 0.131 e. The lowest BCUT2D eigenvalue weighted by Gasteiger charge is -2.58. The van der Waals surface area contributed by atoms with Gasteiger partial charge in [-0.1, -0.05) is 37.6 Å². The van der Waals surface area contributed by atoms with Crippen LogP contribution in [0.15, 0.2) is 49.2 Å². The summed E-state index contributed by atoms with van der Waals surface area (Å²) in [6.45, 7) is 9.91. The monoisotopic (exact) mass is 351 g/mol. The standard InChI is InChI=1S/C23H31N2O/c1-3-5-13-25-14-11-18(17(4-2)16-25)15-22(25)23(26)20-10-12-24-21-9-7-6-8-19(20)21/h4,6-10,12,17-18,22-23,26H,2-3,5,11,13-16H2,1H3/q+1.